The molecule has 3 heterocycles. The maximum absolute atomic E-state index is 7.17. The van der Waals surface area contributed by atoms with E-state index in [9.17, 15) is 0 Å². The third-order valence-electron chi connectivity index (χ3n) is 14.4. The second kappa shape index (κ2) is 12.4. The van der Waals surface area contributed by atoms with E-state index in [2.05, 4.69) is 114 Å². The van der Waals surface area contributed by atoms with Crippen molar-refractivity contribution in [3.63, 3.8) is 0 Å². The highest BCUT2D eigenvalue weighted by Crippen LogP contribution is 2.64. The molecule has 264 valence electrons. The molecule has 2 aromatic rings. The number of ether oxygens (including phenoxy) is 2. The van der Waals surface area contributed by atoms with Gasteiger partial charge in [-0.2, -0.15) is 0 Å². The Bertz CT molecular complexity index is 2050. The normalized spacial score (nSPS) is 34.3. The van der Waals surface area contributed by atoms with E-state index in [0.29, 0.717) is 17.9 Å². The lowest BCUT2D eigenvalue weighted by molar-refractivity contribution is 0.0552. The molecule has 3 aliphatic heterocycles. The molecule has 0 bridgehead atoms. The molecule has 0 radical (unpaired) electrons. The summed E-state index contributed by atoms with van der Waals surface area (Å²) in [6.07, 6.45) is 40.7. The van der Waals surface area contributed by atoms with Crippen molar-refractivity contribution in [2.75, 3.05) is 4.90 Å². The van der Waals surface area contributed by atoms with Crippen LogP contribution in [0.15, 0.2) is 143 Å². The molecule has 7 unspecified atom stereocenters. The number of nitrogens with zero attached hydrogens (tertiary/aromatic N) is 1. The van der Waals surface area contributed by atoms with Crippen molar-refractivity contribution in [1.29, 1.82) is 0 Å². The molecule has 7 atom stereocenters. The van der Waals surface area contributed by atoms with E-state index in [1.54, 1.807) is 5.57 Å². The molecule has 2 aromatic carbocycles. The molecule has 1 saturated carbocycles. The summed E-state index contributed by atoms with van der Waals surface area (Å²) in [6, 6.07) is 18.5. The molecule has 1 spiro atoms. The van der Waals surface area contributed by atoms with Crippen LogP contribution in [0.25, 0.3) is 0 Å². The molecule has 9 aliphatic rings. The van der Waals surface area contributed by atoms with Crippen LogP contribution < -0.4 is 9.64 Å². The fraction of sp³-hybridized carbons (Fsp3) is 0.429. The van der Waals surface area contributed by atoms with E-state index in [-0.39, 0.29) is 17.4 Å². The zero-order valence-corrected chi connectivity index (χ0v) is 30.4. The SMILES string of the molecule is C1=CC(N2c3ccccc3C3CC(C4=CC5OC6=CCCC=C6C6(C7=C(CCC(C8CCCCC8)C7)Oc7ccccc76)C5C=C4)C=CC32)=CCC1. The van der Waals surface area contributed by atoms with Gasteiger partial charge in [-0.15, -0.1) is 0 Å². The quantitative estimate of drug-likeness (QED) is 0.300. The summed E-state index contributed by atoms with van der Waals surface area (Å²) in [5.74, 6) is 6.05. The molecule has 3 nitrogen and oxygen atoms in total. The standard InChI is InChI=1S/C49H51NO2/c1-3-13-32(14-4-1)34-25-28-47-42(30-34)49(39-18-8-11-21-45(39)51-47)40-19-9-12-22-46(40)52-48-31-35(23-26-41(48)49)33-24-27-44-38(29-33)37-17-7-10-20-43(37)50(44)36-15-5-2-6-16-36/h5,7-8,10-11,15-24,26-27,31-34,38,41,44,48H,1-4,6,9,12-14,25,28-30H2. The molecule has 0 N–H and O–H groups in total. The van der Waals surface area contributed by atoms with Crippen molar-refractivity contribution in [1.82, 2.24) is 0 Å². The number of hydrogen-bond donors (Lipinski definition) is 0. The van der Waals surface area contributed by atoms with Crippen LogP contribution >= 0.6 is 0 Å². The summed E-state index contributed by atoms with van der Waals surface area (Å²) < 4.78 is 14.1. The minimum absolute atomic E-state index is 0.0209. The summed E-state index contributed by atoms with van der Waals surface area (Å²) in [5, 5.41) is 0. The van der Waals surface area contributed by atoms with Crippen LogP contribution in [0.2, 0.25) is 0 Å². The molecule has 0 aromatic heterocycles. The summed E-state index contributed by atoms with van der Waals surface area (Å²) in [5.41, 5.74) is 9.73. The van der Waals surface area contributed by atoms with Gasteiger partial charge in [0.05, 0.1) is 11.5 Å². The molecule has 3 heteroatoms. The number of fused-ring (bicyclic) bond motifs is 10. The lowest BCUT2D eigenvalue weighted by Gasteiger charge is -2.56. The zero-order chi connectivity index (χ0) is 34.2. The lowest BCUT2D eigenvalue weighted by atomic mass is 9.52. The number of para-hydroxylation sites is 2. The average Bonchev–Trinajstić information content (AvgIpc) is 3.55. The minimum Gasteiger partial charge on any atom is -0.486 e. The van der Waals surface area contributed by atoms with Gasteiger partial charge in [-0.1, -0.05) is 111 Å². The van der Waals surface area contributed by atoms with Gasteiger partial charge < -0.3 is 14.4 Å². The Balaban J connectivity index is 0.982. The lowest BCUT2D eigenvalue weighted by Crippen LogP contribution is -2.53. The number of anilines is 1. The molecule has 52 heavy (non-hydrogen) atoms. The van der Waals surface area contributed by atoms with Crippen molar-refractivity contribution in [3.8, 4) is 5.75 Å². The Morgan fingerprint density at radius 3 is 2.56 bits per heavy atom. The molecule has 11 rings (SSSR count). The van der Waals surface area contributed by atoms with Crippen molar-refractivity contribution in [3.05, 3.63) is 154 Å². The topological polar surface area (TPSA) is 21.7 Å². The van der Waals surface area contributed by atoms with Crippen LogP contribution in [0.3, 0.4) is 0 Å². The predicted molar refractivity (Wildman–Crippen MR) is 210 cm³/mol. The van der Waals surface area contributed by atoms with Crippen molar-refractivity contribution >= 4 is 5.69 Å². The molecule has 6 aliphatic carbocycles. The fourth-order valence-electron chi connectivity index (χ4n) is 12.1. The second-order valence-corrected chi connectivity index (χ2v) is 17.0. The smallest absolute Gasteiger partial charge is 0.131 e. The molecule has 1 saturated heterocycles. The third-order valence-corrected chi connectivity index (χ3v) is 14.4. The maximum atomic E-state index is 7.17. The Morgan fingerprint density at radius 2 is 1.63 bits per heavy atom. The van der Waals surface area contributed by atoms with E-state index in [1.165, 1.54) is 77.9 Å². The Morgan fingerprint density at radius 1 is 0.769 bits per heavy atom. The Kier molecular flexibility index (Phi) is 7.48. The summed E-state index contributed by atoms with van der Waals surface area (Å²) in [6.45, 7) is 0. The van der Waals surface area contributed by atoms with Gasteiger partial charge in [0.2, 0.25) is 0 Å². The van der Waals surface area contributed by atoms with Gasteiger partial charge in [0.25, 0.3) is 0 Å². The molecule has 0 amide bonds. The number of allylic oxidation sites excluding steroid dienone is 11. The minimum atomic E-state index is -0.259. The van der Waals surface area contributed by atoms with Crippen LogP contribution in [0.4, 0.5) is 5.69 Å². The highest BCUT2D eigenvalue weighted by Gasteiger charge is 2.59. The van der Waals surface area contributed by atoms with Gasteiger partial charge in [-0.05, 0) is 104 Å². The van der Waals surface area contributed by atoms with E-state index in [4.69, 9.17) is 9.47 Å². The first kappa shape index (κ1) is 31.3. The first-order chi connectivity index (χ1) is 25.8. The summed E-state index contributed by atoms with van der Waals surface area (Å²) in [7, 11) is 0. The fourth-order valence-corrected chi connectivity index (χ4v) is 12.1. The molecular weight excluding hydrogens is 635 g/mol. The Labute approximate surface area is 309 Å². The van der Waals surface area contributed by atoms with E-state index in [0.717, 1.165) is 68.3 Å². The second-order valence-electron chi connectivity index (χ2n) is 17.0. The van der Waals surface area contributed by atoms with Crippen molar-refractivity contribution in [2.45, 2.75) is 107 Å². The molecular formula is C49H51NO2. The predicted octanol–water partition coefficient (Wildman–Crippen LogP) is 11.8. The van der Waals surface area contributed by atoms with Gasteiger partial charge >= 0.3 is 0 Å². The third kappa shape index (κ3) is 4.69. The number of hydrogen-bond acceptors (Lipinski definition) is 3. The summed E-state index contributed by atoms with van der Waals surface area (Å²) >= 11 is 0. The molecule has 2 fully saturated rings. The first-order valence-electron chi connectivity index (χ1n) is 20.7. The van der Waals surface area contributed by atoms with E-state index in [1.807, 2.05) is 0 Å². The largest absolute Gasteiger partial charge is 0.486 e. The van der Waals surface area contributed by atoms with Crippen LogP contribution in [0.1, 0.15) is 101 Å². The van der Waals surface area contributed by atoms with Gasteiger partial charge in [0, 0.05) is 46.7 Å². The average molecular weight is 686 g/mol. The van der Waals surface area contributed by atoms with E-state index >= 15 is 0 Å². The highest BCUT2D eigenvalue weighted by molar-refractivity contribution is 5.70. The van der Waals surface area contributed by atoms with Crippen LogP contribution in [0, 0.1) is 23.7 Å². The van der Waals surface area contributed by atoms with Crippen LogP contribution in [-0.2, 0) is 10.2 Å². The van der Waals surface area contributed by atoms with Crippen molar-refractivity contribution in [2.24, 2.45) is 23.7 Å². The number of benzene rings is 2. The first-order valence-corrected chi connectivity index (χ1v) is 20.7. The maximum Gasteiger partial charge on any atom is 0.131 e. The van der Waals surface area contributed by atoms with Gasteiger partial charge in [-0.3, -0.25) is 0 Å². The van der Waals surface area contributed by atoms with Crippen LogP contribution in [0.5, 0.6) is 5.75 Å². The zero-order valence-electron chi connectivity index (χ0n) is 30.4. The van der Waals surface area contributed by atoms with Gasteiger partial charge in [-0.25, -0.2) is 0 Å². The monoisotopic (exact) mass is 685 g/mol. The Hall–Kier alpha value is -4.24. The van der Waals surface area contributed by atoms with Gasteiger partial charge in [0.15, 0.2) is 0 Å². The summed E-state index contributed by atoms with van der Waals surface area (Å²) in [4.78, 5) is 2.61. The number of rotatable bonds is 3. The van der Waals surface area contributed by atoms with Crippen molar-refractivity contribution < 1.29 is 9.47 Å². The van der Waals surface area contributed by atoms with E-state index < -0.39 is 0 Å². The van der Waals surface area contributed by atoms with Gasteiger partial charge in [0.1, 0.15) is 23.4 Å². The van der Waals surface area contributed by atoms with Crippen LogP contribution in [-0.4, -0.2) is 12.1 Å². The highest BCUT2D eigenvalue weighted by atomic mass is 16.5.